The van der Waals surface area contributed by atoms with Gasteiger partial charge >= 0.3 is 0 Å². The molecular formula is C33H43BrO2Si. The smallest absolute Gasteiger partial charge is 0.258 e. The maximum atomic E-state index is 7.08. The molecule has 0 amide bonds. The van der Waals surface area contributed by atoms with Gasteiger partial charge in [-0.2, -0.15) is 0 Å². The van der Waals surface area contributed by atoms with Crippen molar-refractivity contribution in [1.82, 2.24) is 0 Å². The molecule has 0 heterocycles. The van der Waals surface area contributed by atoms with Gasteiger partial charge in [0.05, 0.1) is 6.61 Å². The third kappa shape index (κ3) is 5.86. The molecule has 0 radical (unpaired) electrons. The minimum Gasteiger partial charge on any atom is -0.543 e. The third-order valence-electron chi connectivity index (χ3n) is 8.39. The Labute approximate surface area is 234 Å². The van der Waals surface area contributed by atoms with E-state index in [0.29, 0.717) is 35.1 Å². The van der Waals surface area contributed by atoms with Gasteiger partial charge in [0.15, 0.2) is 0 Å². The van der Waals surface area contributed by atoms with E-state index in [9.17, 15) is 0 Å². The largest absolute Gasteiger partial charge is 0.543 e. The average Bonchev–Trinajstić information content (AvgIpc) is 2.90. The predicted octanol–water partition coefficient (Wildman–Crippen LogP) is 9.88. The van der Waals surface area contributed by atoms with Crippen LogP contribution in [0, 0.1) is 0 Å². The van der Waals surface area contributed by atoms with Crippen molar-refractivity contribution in [3.8, 4) is 11.5 Å². The molecule has 0 fully saturated rings. The number of ether oxygens (including phenoxy) is 1. The van der Waals surface area contributed by atoms with Gasteiger partial charge in [-0.05, 0) is 81.9 Å². The Morgan fingerprint density at radius 3 is 2.00 bits per heavy atom. The molecular weight excluding hydrogens is 536 g/mol. The topological polar surface area (TPSA) is 18.5 Å². The molecule has 2 nitrogen and oxygen atoms in total. The Morgan fingerprint density at radius 2 is 1.41 bits per heavy atom. The number of hydrogen-bond acceptors (Lipinski definition) is 2. The molecule has 0 aromatic heterocycles. The van der Waals surface area contributed by atoms with Crippen molar-refractivity contribution < 1.29 is 9.16 Å². The van der Waals surface area contributed by atoms with Crippen LogP contribution in [0.15, 0.2) is 72.8 Å². The molecule has 0 unspecified atom stereocenters. The summed E-state index contributed by atoms with van der Waals surface area (Å²) >= 11 is 3.45. The highest BCUT2D eigenvalue weighted by Crippen LogP contribution is 2.48. The lowest BCUT2D eigenvalue weighted by Crippen LogP contribution is -2.50. The maximum absolute atomic E-state index is 7.08. The van der Waals surface area contributed by atoms with Crippen molar-refractivity contribution in [1.29, 1.82) is 0 Å². The van der Waals surface area contributed by atoms with Crippen LogP contribution in [0.25, 0.3) is 0 Å². The van der Waals surface area contributed by atoms with E-state index in [0.717, 1.165) is 29.7 Å². The van der Waals surface area contributed by atoms with Crippen LogP contribution in [0.1, 0.15) is 82.1 Å². The number of aryl methyl sites for hydroxylation is 1. The van der Waals surface area contributed by atoms with Crippen molar-refractivity contribution in [2.45, 2.75) is 82.8 Å². The van der Waals surface area contributed by atoms with Crippen LogP contribution >= 0.6 is 15.9 Å². The van der Waals surface area contributed by atoms with Gasteiger partial charge in [-0.1, -0.05) is 106 Å². The lowest BCUT2D eigenvalue weighted by molar-refractivity contribution is 0.345. The van der Waals surface area contributed by atoms with Gasteiger partial charge < -0.3 is 9.16 Å². The summed E-state index contributed by atoms with van der Waals surface area (Å²) < 4.78 is 12.9. The van der Waals surface area contributed by atoms with Crippen LogP contribution in [0.3, 0.4) is 0 Å². The van der Waals surface area contributed by atoms with Crippen molar-refractivity contribution >= 4 is 24.2 Å². The second kappa shape index (κ2) is 12.2. The summed E-state index contributed by atoms with van der Waals surface area (Å²) in [5.74, 6) is 2.76. The fraction of sp³-hybridized carbons (Fsp3) is 0.455. The Balaban J connectivity index is 1.73. The summed E-state index contributed by atoms with van der Waals surface area (Å²) in [5.41, 5.74) is 7.33. The van der Waals surface area contributed by atoms with E-state index in [1.807, 2.05) is 0 Å². The molecule has 4 rings (SSSR count). The van der Waals surface area contributed by atoms with Gasteiger partial charge in [-0.15, -0.1) is 0 Å². The molecule has 0 aliphatic heterocycles. The second-order valence-corrected chi connectivity index (χ2v) is 17.6. The number of benzene rings is 3. The highest BCUT2D eigenvalue weighted by Gasteiger charge is 2.47. The number of halogens is 1. The van der Waals surface area contributed by atoms with E-state index in [2.05, 4.69) is 130 Å². The number of fused-ring (bicyclic) bond motifs is 1. The number of hydrogen-bond donors (Lipinski definition) is 0. The van der Waals surface area contributed by atoms with Crippen molar-refractivity contribution in [2.24, 2.45) is 0 Å². The fourth-order valence-electron chi connectivity index (χ4n) is 6.82. The normalized spacial score (nSPS) is 17.8. The predicted molar refractivity (Wildman–Crippen MR) is 163 cm³/mol. The molecule has 4 heteroatoms. The molecule has 0 spiro atoms. The number of rotatable bonds is 10. The monoisotopic (exact) mass is 578 g/mol. The summed E-state index contributed by atoms with van der Waals surface area (Å²) in [5, 5.41) is 0.833. The Hall–Kier alpha value is -2.04. The SMILES string of the molecule is CC(C)[Si](Oc1ccc2c(c1)CC[C@H](c1ccccc1)[C@@H]2c1ccc(OCCBr)cc1)(C(C)C)C(C)C. The van der Waals surface area contributed by atoms with Crippen LogP contribution in [-0.4, -0.2) is 20.3 Å². The van der Waals surface area contributed by atoms with Crippen LogP contribution < -0.4 is 9.16 Å². The molecule has 1 aliphatic rings. The summed E-state index contributed by atoms with van der Waals surface area (Å²) in [6.45, 7) is 14.8. The van der Waals surface area contributed by atoms with Crippen LogP contribution in [0.4, 0.5) is 0 Å². The van der Waals surface area contributed by atoms with E-state index < -0.39 is 8.32 Å². The highest BCUT2D eigenvalue weighted by molar-refractivity contribution is 9.09. The van der Waals surface area contributed by atoms with Gasteiger partial charge in [0.1, 0.15) is 11.5 Å². The van der Waals surface area contributed by atoms with E-state index in [1.165, 1.54) is 22.3 Å². The standard InChI is InChI=1S/C33H43BrO2Si/c1-23(2)37(24(3)4,25(5)6)36-30-17-19-32-28(22-30)14-18-31(26-10-8-7-9-11-26)33(32)27-12-15-29(16-13-27)35-21-20-34/h7-13,15-17,19,22-25,31,33H,14,18,20-21H2,1-6H3/t31-,33+/m1/s1. The lowest BCUT2D eigenvalue weighted by Gasteiger charge is -2.42. The van der Waals surface area contributed by atoms with Gasteiger partial charge in [0.25, 0.3) is 8.32 Å². The molecule has 0 saturated carbocycles. The zero-order chi connectivity index (χ0) is 26.6. The summed E-state index contributed by atoms with van der Waals surface area (Å²) in [6, 6.07) is 26.8. The first kappa shape index (κ1) is 28.0. The Bertz CT molecular complexity index is 1120. The van der Waals surface area contributed by atoms with Crippen LogP contribution in [-0.2, 0) is 6.42 Å². The molecule has 198 valence electrons. The third-order valence-corrected chi connectivity index (χ3v) is 14.7. The van der Waals surface area contributed by atoms with Gasteiger partial charge in [-0.25, -0.2) is 0 Å². The van der Waals surface area contributed by atoms with Gasteiger partial charge in [0, 0.05) is 11.2 Å². The Morgan fingerprint density at radius 1 is 0.784 bits per heavy atom. The Kier molecular flexibility index (Phi) is 9.23. The zero-order valence-electron chi connectivity index (χ0n) is 23.3. The first-order valence-electron chi connectivity index (χ1n) is 13.9. The first-order valence-corrected chi connectivity index (χ1v) is 17.2. The van der Waals surface area contributed by atoms with Crippen LogP contribution in [0.5, 0.6) is 11.5 Å². The average molecular weight is 580 g/mol. The van der Waals surface area contributed by atoms with E-state index >= 15 is 0 Å². The first-order chi connectivity index (χ1) is 17.8. The lowest BCUT2D eigenvalue weighted by atomic mass is 9.69. The van der Waals surface area contributed by atoms with Gasteiger partial charge in [0.2, 0.25) is 0 Å². The van der Waals surface area contributed by atoms with Crippen molar-refractivity contribution in [3.63, 3.8) is 0 Å². The van der Waals surface area contributed by atoms with E-state index in [1.54, 1.807) is 0 Å². The molecule has 2 atom stereocenters. The second-order valence-electron chi connectivity index (χ2n) is 11.4. The number of alkyl halides is 1. The molecule has 0 N–H and O–H groups in total. The highest BCUT2D eigenvalue weighted by atomic mass is 79.9. The van der Waals surface area contributed by atoms with Gasteiger partial charge in [-0.3, -0.25) is 0 Å². The zero-order valence-corrected chi connectivity index (χ0v) is 25.9. The van der Waals surface area contributed by atoms with Crippen molar-refractivity contribution in [2.75, 3.05) is 11.9 Å². The molecule has 3 aromatic rings. The minimum absolute atomic E-state index is 0.313. The van der Waals surface area contributed by atoms with E-state index in [-0.39, 0.29) is 0 Å². The minimum atomic E-state index is -2.00. The van der Waals surface area contributed by atoms with Crippen LogP contribution in [0.2, 0.25) is 16.6 Å². The summed E-state index contributed by atoms with van der Waals surface area (Å²) in [6.07, 6.45) is 2.21. The molecule has 0 bridgehead atoms. The van der Waals surface area contributed by atoms with Crippen molar-refractivity contribution in [3.05, 3.63) is 95.1 Å². The maximum Gasteiger partial charge on any atom is 0.258 e. The molecule has 3 aromatic carbocycles. The fourth-order valence-corrected chi connectivity index (χ4v) is 12.2. The molecule has 0 saturated heterocycles. The molecule has 1 aliphatic carbocycles. The van der Waals surface area contributed by atoms with E-state index in [4.69, 9.17) is 9.16 Å². The quantitative estimate of drug-likeness (QED) is 0.176. The molecule has 37 heavy (non-hydrogen) atoms. The summed E-state index contributed by atoms with van der Waals surface area (Å²) in [4.78, 5) is 0. The summed E-state index contributed by atoms with van der Waals surface area (Å²) in [7, 11) is -2.00.